The Morgan fingerprint density at radius 1 is 0.955 bits per heavy atom. The van der Waals surface area contributed by atoms with E-state index < -0.39 is 8.07 Å². The highest BCUT2D eigenvalue weighted by molar-refractivity contribution is 6.90. The average molecular weight is 316 g/mol. The van der Waals surface area contributed by atoms with E-state index in [9.17, 15) is 4.79 Å². The fourth-order valence-electron chi connectivity index (χ4n) is 3.45. The molecule has 0 saturated carbocycles. The van der Waals surface area contributed by atoms with Crippen LogP contribution in [0.4, 0.5) is 5.69 Å². The Labute approximate surface area is 136 Å². The Morgan fingerprint density at radius 3 is 1.82 bits per heavy atom. The van der Waals surface area contributed by atoms with Crippen molar-refractivity contribution < 1.29 is 4.79 Å². The van der Waals surface area contributed by atoms with Crippen LogP contribution in [0.15, 0.2) is 30.3 Å². The summed E-state index contributed by atoms with van der Waals surface area (Å²) in [5.74, 6) is 2.84. The first kappa shape index (κ1) is 18.5. The molecular formula is C19H29NOSi. The topological polar surface area (TPSA) is 20.3 Å². The second kappa shape index (κ2) is 7.65. The van der Waals surface area contributed by atoms with Crippen LogP contribution >= 0.6 is 0 Å². The quantitative estimate of drug-likeness (QED) is 0.573. The van der Waals surface area contributed by atoms with E-state index in [1.54, 1.807) is 11.9 Å². The van der Waals surface area contributed by atoms with Crippen molar-refractivity contribution in [2.45, 2.75) is 58.2 Å². The fraction of sp³-hybridized carbons (Fsp3) is 0.526. The van der Waals surface area contributed by atoms with Crippen LogP contribution in [0.2, 0.25) is 16.6 Å². The predicted molar refractivity (Wildman–Crippen MR) is 98.7 cm³/mol. The summed E-state index contributed by atoms with van der Waals surface area (Å²) in [6.07, 6.45) is 0. The van der Waals surface area contributed by atoms with Crippen molar-refractivity contribution >= 4 is 19.7 Å². The monoisotopic (exact) mass is 315 g/mol. The molecule has 1 aromatic carbocycles. The molecule has 2 nitrogen and oxygen atoms in total. The van der Waals surface area contributed by atoms with E-state index in [0.717, 1.165) is 5.69 Å². The molecule has 0 aliphatic heterocycles. The summed E-state index contributed by atoms with van der Waals surface area (Å²) >= 11 is 0. The Morgan fingerprint density at radius 2 is 1.41 bits per heavy atom. The molecule has 0 fully saturated rings. The van der Waals surface area contributed by atoms with Crippen LogP contribution in [0.5, 0.6) is 0 Å². The van der Waals surface area contributed by atoms with Crippen molar-refractivity contribution in [3.63, 3.8) is 0 Å². The molecule has 0 radical (unpaired) electrons. The van der Waals surface area contributed by atoms with Gasteiger partial charge in [-0.25, -0.2) is 0 Å². The number of hydrogen-bond acceptors (Lipinski definition) is 1. The molecule has 0 unspecified atom stereocenters. The molecule has 0 atom stereocenters. The van der Waals surface area contributed by atoms with E-state index in [4.69, 9.17) is 0 Å². The number of amides is 1. The van der Waals surface area contributed by atoms with Gasteiger partial charge in [0.1, 0.15) is 8.07 Å². The molecule has 0 N–H and O–H groups in total. The number of hydrogen-bond donors (Lipinski definition) is 0. The van der Waals surface area contributed by atoms with Gasteiger partial charge in [0.25, 0.3) is 0 Å². The van der Waals surface area contributed by atoms with Gasteiger partial charge < -0.3 is 4.90 Å². The zero-order valence-corrected chi connectivity index (χ0v) is 16.0. The molecule has 3 heteroatoms. The third-order valence-electron chi connectivity index (χ3n) is 4.70. The van der Waals surface area contributed by atoms with E-state index in [0.29, 0.717) is 16.6 Å². The molecule has 0 aliphatic carbocycles. The van der Waals surface area contributed by atoms with Gasteiger partial charge in [0.05, 0.1) is 0 Å². The summed E-state index contributed by atoms with van der Waals surface area (Å²) in [6, 6.07) is 9.67. The zero-order chi connectivity index (χ0) is 16.9. The summed E-state index contributed by atoms with van der Waals surface area (Å²) < 4.78 is 0. The van der Waals surface area contributed by atoms with Gasteiger partial charge in [0.15, 0.2) is 0 Å². The Bertz CT molecular complexity index is 530. The average Bonchev–Trinajstić information content (AvgIpc) is 2.46. The molecule has 0 heterocycles. The first-order chi connectivity index (χ1) is 10.2. The molecule has 1 amide bonds. The molecule has 0 saturated heterocycles. The summed E-state index contributed by atoms with van der Waals surface area (Å²) in [5.41, 5.74) is 5.97. The molecule has 1 aromatic rings. The second-order valence-corrected chi connectivity index (χ2v) is 12.4. The van der Waals surface area contributed by atoms with Crippen LogP contribution in [0, 0.1) is 11.5 Å². The van der Waals surface area contributed by atoms with Crippen molar-refractivity contribution in [2.24, 2.45) is 0 Å². The Hall–Kier alpha value is -1.53. The number of carbonyl (C=O) groups is 1. The lowest BCUT2D eigenvalue weighted by Crippen LogP contribution is -2.43. The molecule has 0 aromatic heterocycles. The maximum atomic E-state index is 12.4. The smallest absolute Gasteiger partial charge is 0.302 e. The maximum Gasteiger partial charge on any atom is 0.302 e. The number of carbonyl (C=O) groups excluding carboxylic acids is 1. The number of para-hydroxylation sites is 1. The third kappa shape index (κ3) is 3.81. The maximum absolute atomic E-state index is 12.4. The van der Waals surface area contributed by atoms with Crippen LogP contribution in [-0.2, 0) is 4.79 Å². The zero-order valence-electron chi connectivity index (χ0n) is 15.0. The van der Waals surface area contributed by atoms with Crippen LogP contribution in [0.3, 0.4) is 0 Å². The van der Waals surface area contributed by atoms with Gasteiger partial charge in [0.2, 0.25) is 0 Å². The normalized spacial score (nSPS) is 11.5. The van der Waals surface area contributed by atoms with Crippen molar-refractivity contribution in [3.8, 4) is 11.5 Å². The Balaban J connectivity index is 3.10. The van der Waals surface area contributed by atoms with E-state index in [1.165, 1.54) is 0 Å². The van der Waals surface area contributed by atoms with Crippen molar-refractivity contribution in [2.75, 3.05) is 11.9 Å². The van der Waals surface area contributed by atoms with E-state index in [2.05, 4.69) is 53.0 Å². The van der Waals surface area contributed by atoms with E-state index in [-0.39, 0.29) is 5.91 Å². The van der Waals surface area contributed by atoms with Gasteiger partial charge in [-0.05, 0) is 34.7 Å². The third-order valence-corrected chi connectivity index (χ3v) is 11.0. The SMILES string of the molecule is CC(C)[Si](C#CC(=O)N(C)c1ccccc1)(C(C)C)C(C)C. The van der Waals surface area contributed by atoms with E-state index in [1.807, 2.05) is 30.3 Å². The van der Waals surface area contributed by atoms with Gasteiger partial charge >= 0.3 is 5.91 Å². The summed E-state index contributed by atoms with van der Waals surface area (Å²) in [4.78, 5) is 14.1. The number of rotatable bonds is 4. The summed E-state index contributed by atoms with van der Waals surface area (Å²) in [6.45, 7) is 13.5. The minimum absolute atomic E-state index is 0.120. The molecule has 0 aliphatic rings. The summed E-state index contributed by atoms with van der Waals surface area (Å²) in [5, 5.41) is 0. The first-order valence-corrected chi connectivity index (χ1v) is 10.3. The van der Waals surface area contributed by atoms with Crippen molar-refractivity contribution in [3.05, 3.63) is 30.3 Å². The largest absolute Gasteiger partial charge is 0.305 e. The van der Waals surface area contributed by atoms with Crippen LogP contribution in [-0.4, -0.2) is 21.0 Å². The predicted octanol–water partition coefficient (Wildman–Crippen LogP) is 4.87. The molecule has 0 bridgehead atoms. The van der Waals surface area contributed by atoms with E-state index >= 15 is 0 Å². The first-order valence-electron chi connectivity index (χ1n) is 8.09. The minimum Gasteiger partial charge on any atom is -0.305 e. The minimum atomic E-state index is -1.85. The number of nitrogens with zero attached hydrogens (tertiary/aromatic N) is 1. The van der Waals surface area contributed by atoms with Gasteiger partial charge in [-0.2, -0.15) is 0 Å². The molecular weight excluding hydrogens is 286 g/mol. The van der Waals surface area contributed by atoms with Crippen molar-refractivity contribution in [1.29, 1.82) is 0 Å². The van der Waals surface area contributed by atoms with Crippen LogP contribution < -0.4 is 4.90 Å². The number of benzene rings is 1. The summed E-state index contributed by atoms with van der Waals surface area (Å²) in [7, 11) is -0.0584. The lowest BCUT2D eigenvalue weighted by molar-refractivity contribution is -0.113. The van der Waals surface area contributed by atoms with Gasteiger partial charge in [-0.3, -0.25) is 4.79 Å². The van der Waals surface area contributed by atoms with Gasteiger partial charge in [-0.15, -0.1) is 5.54 Å². The highest BCUT2D eigenvalue weighted by Gasteiger charge is 2.41. The molecule has 22 heavy (non-hydrogen) atoms. The Kier molecular flexibility index (Phi) is 6.43. The van der Waals surface area contributed by atoms with Gasteiger partial charge in [0, 0.05) is 12.7 Å². The lowest BCUT2D eigenvalue weighted by atomic mass is 10.3. The second-order valence-electron chi connectivity index (χ2n) is 6.85. The highest BCUT2D eigenvalue weighted by Crippen LogP contribution is 2.40. The van der Waals surface area contributed by atoms with Crippen LogP contribution in [0.1, 0.15) is 41.5 Å². The fourth-order valence-corrected chi connectivity index (χ4v) is 8.64. The standard InChI is InChI=1S/C19H29NOSi/c1-15(2)22(16(3)4,17(5)6)14-13-19(21)20(7)18-11-9-8-10-12-18/h8-12,15-17H,1-7H3. The highest BCUT2D eigenvalue weighted by atomic mass is 28.3. The van der Waals surface area contributed by atoms with Crippen molar-refractivity contribution in [1.82, 2.24) is 0 Å². The lowest BCUT2D eigenvalue weighted by Gasteiger charge is -2.38. The molecule has 1 rings (SSSR count). The van der Waals surface area contributed by atoms with Gasteiger partial charge in [-0.1, -0.05) is 59.7 Å². The molecule has 0 spiro atoms. The number of anilines is 1. The molecule has 120 valence electrons. The van der Waals surface area contributed by atoms with Crippen LogP contribution in [0.25, 0.3) is 0 Å².